The number of ether oxygens (including phenoxy) is 1. The van der Waals surface area contributed by atoms with E-state index in [9.17, 15) is 9.59 Å². The Labute approximate surface area is 144 Å². The fraction of sp³-hybridized carbons (Fsp3) is 0.222. The van der Waals surface area contributed by atoms with Crippen LogP contribution >= 0.6 is 15.9 Å². The highest BCUT2D eigenvalue weighted by Crippen LogP contribution is 2.19. The molecule has 1 amide bonds. The zero-order valence-corrected chi connectivity index (χ0v) is 14.4. The molecule has 1 atom stereocenters. The predicted octanol–water partition coefficient (Wildman–Crippen LogP) is 4.12. The van der Waals surface area contributed by atoms with Crippen LogP contribution in [0, 0.1) is 0 Å². The Morgan fingerprint density at radius 2 is 1.87 bits per heavy atom. The number of rotatable bonds is 6. The van der Waals surface area contributed by atoms with Crippen LogP contribution in [-0.2, 0) is 14.3 Å². The summed E-state index contributed by atoms with van der Waals surface area (Å²) >= 11 is 3.33. The largest absolute Gasteiger partial charge is 0.456 e. The second-order valence-corrected chi connectivity index (χ2v) is 6.15. The van der Waals surface area contributed by atoms with Gasteiger partial charge in [0.05, 0.1) is 6.42 Å². The van der Waals surface area contributed by atoms with E-state index in [4.69, 9.17) is 4.74 Å². The molecule has 2 aromatic rings. The van der Waals surface area contributed by atoms with Crippen LogP contribution in [0.4, 0.5) is 5.69 Å². The molecule has 0 radical (unpaired) electrons. The molecule has 0 aromatic heterocycles. The van der Waals surface area contributed by atoms with Crippen molar-refractivity contribution in [2.24, 2.45) is 0 Å². The van der Waals surface area contributed by atoms with E-state index in [2.05, 4.69) is 21.2 Å². The highest BCUT2D eigenvalue weighted by molar-refractivity contribution is 9.10. The number of hydrogen-bond acceptors (Lipinski definition) is 3. The molecule has 0 aliphatic rings. The molecule has 1 N–H and O–H groups in total. The molecular formula is C18H18BrNO3. The number of esters is 1. The number of carbonyl (C=O) groups excluding carboxylic acids is 2. The van der Waals surface area contributed by atoms with E-state index >= 15 is 0 Å². The van der Waals surface area contributed by atoms with Crippen LogP contribution in [0.1, 0.15) is 24.8 Å². The minimum absolute atomic E-state index is 0.0526. The van der Waals surface area contributed by atoms with Gasteiger partial charge in [0, 0.05) is 10.2 Å². The molecule has 1 unspecified atom stereocenters. The van der Waals surface area contributed by atoms with Gasteiger partial charge in [0.25, 0.3) is 5.91 Å². The minimum Gasteiger partial charge on any atom is -0.456 e. The zero-order chi connectivity index (χ0) is 16.7. The quantitative estimate of drug-likeness (QED) is 0.772. The molecule has 5 heteroatoms. The van der Waals surface area contributed by atoms with Crippen molar-refractivity contribution < 1.29 is 14.3 Å². The van der Waals surface area contributed by atoms with Crippen LogP contribution in [0.3, 0.4) is 0 Å². The second-order valence-electron chi connectivity index (χ2n) is 5.24. The van der Waals surface area contributed by atoms with E-state index in [1.165, 1.54) is 0 Å². The fourth-order valence-corrected chi connectivity index (χ4v) is 2.52. The second kappa shape index (κ2) is 8.48. The molecule has 0 spiro atoms. The summed E-state index contributed by atoms with van der Waals surface area (Å²) in [6, 6.07) is 17.0. The van der Waals surface area contributed by atoms with Gasteiger partial charge in [-0.1, -0.05) is 59.3 Å². The van der Waals surface area contributed by atoms with Gasteiger partial charge in [-0.05, 0) is 29.7 Å². The monoisotopic (exact) mass is 375 g/mol. The Balaban J connectivity index is 1.76. The molecule has 2 rings (SSSR count). The zero-order valence-electron chi connectivity index (χ0n) is 12.8. The summed E-state index contributed by atoms with van der Waals surface area (Å²) in [6.45, 7) is 1.67. The van der Waals surface area contributed by atoms with Crippen LogP contribution in [0.2, 0.25) is 0 Å². The van der Waals surface area contributed by atoms with E-state index < -0.39 is 0 Å². The molecule has 120 valence electrons. The van der Waals surface area contributed by atoms with Crippen LogP contribution in [0.15, 0.2) is 59.1 Å². The normalized spacial score (nSPS) is 11.6. The molecular weight excluding hydrogens is 358 g/mol. The van der Waals surface area contributed by atoms with Crippen molar-refractivity contribution in [3.8, 4) is 0 Å². The Kier molecular flexibility index (Phi) is 6.35. The summed E-state index contributed by atoms with van der Waals surface area (Å²) in [5.74, 6) is -0.689. The first-order valence-electron chi connectivity index (χ1n) is 7.30. The van der Waals surface area contributed by atoms with Gasteiger partial charge in [-0.15, -0.1) is 0 Å². The van der Waals surface area contributed by atoms with Crippen molar-refractivity contribution in [1.82, 2.24) is 0 Å². The standard InChI is InChI=1S/C18H18BrNO3/c1-13(14-6-3-2-4-7-14)10-18(22)23-12-17(21)20-16-9-5-8-15(19)11-16/h2-9,11,13H,10,12H2,1H3,(H,20,21). The topological polar surface area (TPSA) is 55.4 Å². The fourth-order valence-electron chi connectivity index (χ4n) is 2.12. The van der Waals surface area contributed by atoms with Crippen LogP contribution in [0.25, 0.3) is 0 Å². The number of nitrogens with one attached hydrogen (secondary N) is 1. The number of amides is 1. The molecule has 0 bridgehead atoms. The van der Waals surface area contributed by atoms with Gasteiger partial charge in [-0.2, -0.15) is 0 Å². The molecule has 23 heavy (non-hydrogen) atoms. The Morgan fingerprint density at radius 3 is 2.57 bits per heavy atom. The van der Waals surface area contributed by atoms with Crippen molar-refractivity contribution >= 4 is 33.5 Å². The maximum Gasteiger partial charge on any atom is 0.306 e. The average molecular weight is 376 g/mol. The lowest BCUT2D eigenvalue weighted by atomic mass is 9.98. The molecule has 0 aliphatic heterocycles. The Hall–Kier alpha value is -2.14. The maximum atomic E-state index is 11.8. The maximum absolute atomic E-state index is 11.8. The minimum atomic E-state index is -0.384. The third kappa shape index (κ3) is 5.87. The third-order valence-electron chi connectivity index (χ3n) is 3.31. The molecule has 0 aliphatic carbocycles. The Bertz CT molecular complexity index is 673. The molecule has 2 aromatic carbocycles. The lowest BCUT2D eigenvalue weighted by Crippen LogP contribution is -2.21. The van der Waals surface area contributed by atoms with Gasteiger partial charge in [0.15, 0.2) is 6.61 Å². The summed E-state index contributed by atoms with van der Waals surface area (Å²) in [7, 11) is 0. The van der Waals surface area contributed by atoms with Crippen LogP contribution in [0.5, 0.6) is 0 Å². The van der Waals surface area contributed by atoms with Crippen molar-refractivity contribution in [2.75, 3.05) is 11.9 Å². The highest BCUT2D eigenvalue weighted by Gasteiger charge is 2.13. The predicted molar refractivity (Wildman–Crippen MR) is 93.2 cm³/mol. The van der Waals surface area contributed by atoms with Gasteiger partial charge in [0.2, 0.25) is 0 Å². The lowest BCUT2D eigenvalue weighted by molar-refractivity contribution is -0.147. The summed E-state index contributed by atoms with van der Waals surface area (Å²) < 4.78 is 5.90. The first-order chi connectivity index (χ1) is 11.0. The highest BCUT2D eigenvalue weighted by atomic mass is 79.9. The number of anilines is 1. The summed E-state index contributed by atoms with van der Waals surface area (Å²) in [5, 5.41) is 2.68. The third-order valence-corrected chi connectivity index (χ3v) is 3.81. The van der Waals surface area contributed by atoms with Crippen LogP contribution in [-0.4, -0.2) is 18.5 Å². The molecule has 0 saturated heterocycles. The molecule has 0 fully saturated rings. The first kappa shape index (κ1) is 17.2. The van der Waals surface area contributed by atoms with Gasteiger partial charge in [0.1, 0.15) is 0 Å². The first-order valence-corrected chi connectivity index (χ1v) is 8.10. The Morgan fingerprint density at radius 1 is 1.13 bits per heavy atom. The van der Waals surface area contributed by atoms with E-state index in [0.717, 1.165) is 10.0 Å². The number of hydrogen-bond donors (Lipinski definition) is 1. The molecule has 0 saturated carbocycles. The summed E-state index contributed by atoms with van der Waals surface area (Å²) in [5.41, 5.74) is 1.72. The van der Waals surface area contributed by atoms with Gasteiger partial charge in [-0.3, -0.25) is 9.59 Å². The lowest BCUT2D eigenvalue weighted by Gasteiger charge is -2.11. The number of benzene rings is 2. The van der Waals surface area contributed by atoms with Gasteiger partial charge >= 0.3 is 5.97 Å². The number of halogens is 1. The van der Waals surface area contributed by atoms with E-state index in [1.807, 2.05) is 49.4 Å². The van der Waals surface area contributed by atoms with Crippen LogP contribution < -0.4 is 5.32 Å². The van der Waals surface area contributed by atoms with E-state index in [0.29, 0.717) is 5.69 Å². The van der Waals surface area contributed by atoms with Crippen molar-refractivity contribution in [3.05, 3.63) is 64.6 Å². The number of carbonyl (C=O) groups is 2. The average Bonchev–Trinajstić information content (AvgIpc) is 2.54. The van der Waals surface area contributed by atoms with Crippen molar-refractivity contribution in [2.45, 2.75) is 19.3 Å². The van der Waals surface area contributed by atoms with E-state index in [1.54, 1.807) is 12.1 Å². The SMILES string of the molecule is CC(CC(=O)OCC(=O)Nc1cccc(Br)c1)c1ccccc1. The van der Waals surface area contributed by atoms with Crippen molar-refractivity contribution in [1.29, 1.82) is 0 Å². The van der Waals surface area contributed by atoms with Crippen molar-refractivity contribution in [3.63, 3.8) is 0 Å². The summed E-state index contributed by atoms with van der Waals surface area (Å²) in [6.07, 6.45) is 0.244. The van der Waals surface area contributed by atoms with Gasteiger partial charge < -0.3 is 10.1 Å². The summed E-state index contributed by atoms with van der Waals surface area (Å²) in [4.78, 5) is 23.6. The van der Waals surface area contributed by atoms with Gasteiger partial charge in [-0.25, -0.2) is 0 Å². The molecule has 4 nitrogen and oxygen atoms in total. The van der Waals surface area contributed by atoms with E-state index in [-0.39, 0.29) is 30.8 Å². The molecule has 0 heterocycles. The smallest absolute Gasteiger partial charge is 0.306 e.